The van der Waals surface area contributed by atoms with Crippen LogP contribution in [-0.2, 0) is 9.54 Å². The van der Waals surface area contributed by atoms with E-state index >= 15 is 0 Å². The quantitative estimate of drug-likeness (QED) is 0.880. The van der Waals surface area contributed by atoms with Gasteiger partial charge >= 0.3 is 0 Å². The number of benzene rings is 2. The van der Waals surface area contributed by atoms with E-state index in [2.05, 4.69) is 5.32 Å². The molecule has 0 aromatic heterocycles. The number of carbonyl (C=O) groups excluding carboxylic acids is 1. The molecule has 94 valence electrons. The molecule has 4 heteroatoms. The topological polar surface area (TPSA) is 53.0 Å². The number of amides is 1. The molecule has 0 radical (unpaired) electrons. The van der Waals surface area contributed by atoms with Gasteiger partial charge in [0.05, 0.1) is 0 Å². The van der Waals surface area contributed by atoms with E-state index in [0.717, 1.165) is 11.1 Å². The van der Waals surface area contributed by atoms with Crippen molar-refractivity contribution in [1.82, 2.24) is 5.32 Å². The molecular weight excluding hydrogens is 256 g/mol. The second-order valence-corrected chi connectivity index (χ2v) is 5.52. The molecule has 0 atom stereocenters. The summed E-state index contributed by atoms with van der Waals surface area (Å²) in [6, 6.07) is 19.2. The molecule has 0 spiro atoms. The zero-order valence-corrected chi connectivity index (χ0v) is 10.9. The zero-order chi connectivity index (χ0) is 13.3. The Kier molecular flexibility index (Phi) is 2.87. The monoisotopic (exact) mass is 268 g/mol. The molecule has 3 nitrogen and oxygen atoms in total. The van der Waals surface area contributed by atoms with Gasteiger partial charge in [-0.1, -0.05) is 72.4 Å². The molecule has 3 rings (SSSR count). The number of rotatable bonds is 2. The third-order valence-electron chi connectivity index (χ3n) is 3.16. The molecule has 19 heavy (non-hydrogen) atoms. The SMILES string of the molecule is N=C1NC(=O)C(c2ccccc2)(c2ccccc2)S1. The summed E-state index contributed by atoms with van der Waals surface area (Å²) in [6.45, 7) is 0. The first-order chi connectivity index (χ1) is 9.23. The lowest BCUT2D eigenvalue weighted by atomic mass is 9.89. The Bertz CT molecular complexity index is 586. The number of nitrogens with one attached hydrogen (secondary N) is 2. The highest BCUT2D eigenvalue weighted by Crippen LogP contribution is 2.46. The van der Waals surface area contributed by atoms with Gasteiger partial charge in [-0.15, -0.1) is 0 Å². The predicted molar refractivity (Wildman–Crippen MR) is 77.1 cm³/mol. The van der Waals surface area contributed by atoms with E-state index in [1.807, 2.05) is 60.7 Å². The number of thioether (sulfide) groups is 1. The van der Waals surface area contributed by atoms with Crippen molar-refractivity contribution in [2.45, 2.75) is 4.75 Å². The van der Waals surface area contributed by atoms with E-state index in [4.69, 9.17) is 5.41 Å². The van der Waals surface area contributed by atoms with Gasteiger partial charge in [0.15, 0.2) is 9.91 Å². The lowest BCUT2D eigenvalue weighted by molar-refractivity contribution is -0.120. The fraction of sp³-hybridized carbons (Fsp3) is 0.0667. The Morgan fingerprint density at radius 3 is 1.74 bits per heavy atom. The molecule has 0 unspecified atom stereocenters. The molecule has 1 aliphatic rings. The summed E-state index contributed by atoms with van der Waals surface area (Å²) in [4.78, 5) is 12.4. The number of carbonyl (C=O) groups is 1. The second kappa shape index (κ2) is 4.55. The lowest BCUT2D eigenvalue weighted by Crippen LogP contribution is -2.35. The van der Waals surface area contributed by atoms with Crippen molar-refractivity contribution >= 4 is 22.8 Å². The van der Waals surface area contributed by atoms with Crippen LogP contribution in [0.2, 0.25) is 0 Å². The fourth-order valence-corrected chi connectivity index (χ4v) is 3.41. The van der Waals surface area contributed by atoms with Crippen molar-refractivity contribution in [2.24, 2.45) is 0 Å². The van der Waals surface area contributed by atoms with Crippen LogP contribution in [-0.4, -0.2) is 11.1 Å². The van der Waals surface area contributed by atoms with Gasteiger partial charge in [-0.3, -0.25) is 10.2 Å². The van der Waals surface area contributed by atoms with Crippen molar-refractivity contribution in [1.29, 1.82) is 5.41 Å². The molecule has 2 aromatic rings. The van der Waals surface area contributed by atoms with Crippen LogP contribution in [0.4, 0.5) is 0 Å². The minimum atomic E-state index is -0.848. The number of amidine groups is 1. The van der Waals surface area contributed by atoms with Gasteiger partial charge in [0.25, 0.3) is 5.91 Å². The van der Waals surface area contributed by atoms with Crippen LogP contribution in [0.25, 0.3) is 0 Å². The molecule has 1 heterocycles. The van der Waals surface area contributed by atoms with Crippen LogP contribution in [0, 0.1) is 5.41 Å². The molecule has 2 aromatic carbocycles. The fourth-order valence-electron chi connectivity index (χ4n) is 2.31. The second-order valence-electron chi connectivity index (χ2n) is 4.30. The summed E-state index contributed by atoms with van der Waals surface area (Å²) >= 11 is 1.25. The van der Waals surface area contributed by atoms with Crippen molar-refractivity contribution in [3.8, 4) is 0 Å². The first kappa shape index (κ1) is 12.0. The number of hydrogen-bond donors (Lipinski definition) is 2. The Morgan fingerprint density at radius 1 is 0.895 bits per heavy atom. The molecule has 1 saturated heterocycles. The molecule has 0 saturated carbocycles. The highest BCUT2D eigenvalue weighted by molar-refractivity contribution is 8.16. The van der Waals surface area contributed by atoms with E-state index in [1.54, 1.807) is 0 Å². The largest absolute Gasteiger partial charge is 0.304 e. The smallest absolute Gasteiger partial charge is 0.251 e. The van der Waals surface area contributed by atoms with E-state index in [-0.39, 0.29) is 11.1 Å². The Balaban J connectivity index is 2.23. The standard InChI is InChI=1S/C15H12N2OS/c16-14-17-13(18)15(19-14,11-7-3-1-4-8-11)12-9-5-2-6-10-12/h1-10H,(H2,16,17,18). The van der Waals surface area contributed by atoms with Crippen molar-refractivity contribution < 1.29 is 4.79 Å². The van der Waals surface area contributed by atoms with Crippen LogP contribution in [0.1, 0.15) is 11.1 Å². The summed E-state index contributed by atoms with van der Waals surface area (Å²) in [6.07, 6.45) is 0. The van der Waals surface area contributed by atoms with Crippen LogP contribution in [0.3, 0.4) is 0 Å². The third-order valence-corrected chi connectivity index (χ3v) is 4.43. The first-order valence-corrected chi connectivity index (χ1v) is 6.75. The van der Waals surface area contributed by atoms with E-state index in [1.165, 1.54) is 11.8 Å². The highest BCUT2D eigenvalue weighted by atomic mass is 32.2. The van der Waals surface area contributed by atoms with Crippen molar-refractivity contribution in [3.63, 3.8) is 0 Å². The molecule has 1 aliphatic heterocycles. The van der Waals surface area contributed by atoms with E-state index < -0.39 is 4.75 Å². The van der Waals surface area contributed by atoms with E-state index in [9.17, 15) is 4.79 Å². The minimum absolute atomic E-state index is 0.153. The van der Waals surface area contributed by atoms with Gasteiger partial charge in [-0.2, -0.15) is 0 Å². The summed E-state index contributed by atoms with van der Waals surface area (Å²) in [7, 11) is 0. The average molecular weight is 268 g/mol. The van der Waals surface area contributed by atoms with Crippen LogP contribution < -0.4 is 5.32 Å². The molecular formula is C15H12N2OS. The maximum atomic E-state index is 12.4. The van der Waals surface area contributed by atoms with Gasteiger partial charge in [-0.25, -0.2) is 0 Å². The van der Waals surface area contributed by atoms with Gasteiger partial charge < -0.3 is 5.32 Å². The predicted octanol–water partition coefficient (Wildman–Crippen LogP) is 2.73. The maximum Gasteiger partial charge on any atom is 0.251 e. The third kappa shape index (κ3) is 1.85. The van der Waals surface area contributed by atoms with Gasteiger partial charge in [0, 0.05) is 0 Å². The zero-order valence-electron chi connectivity index (χ0n) is 10.1. The van der Waals surface area contributed by atoms with Crippen LogP contribution in [0.5, 0.6) is 0 Å². The minimum Gasteiger partial charge on any atom is -0.304 e. The van der Waals surface area contributed by atoms with Crippen molar-refractivity contribution in [2.75, 3.05) is 0 Å². The van der Waals surface area contributed by atoms with Gasteiger partial charge in [0.1, 0.15) is 0 Å². The summed E-state index contributed by atoms with van der Waals surface area (Å²) in [5.74, 6) is -0.153. The summed E-state index contributed by atoms with van der Waals surface area (Å²) in [5, 5.41) is 10.6. The molecule has 2 N–H and O–H groups in total. The molecule has 0 aliphatic carbocycles. The molecule has 1 fully saturated rings. The van der Waals surface area contributed by atoms with Gasteiger partial charge in [0.2, 0.25) is 0 Å². The Morgan fingerprint density at radius 2 is 1.37 bits per heavy atom. The van der Waals surface area contributed by atoms with Gasteiger partial charge in [-0.05, 0) is 11.1 Å². The summed E-state index contributed by atoms with van der Waals surface area (Å²) < 4.78 is -0.848. The summed E-state index contributed by atoms with van der Waals surface area (Å²) in [5.41, 5.74) is 1.79. The lowest BCUT2D eigenvalue weighted by Gasteiger charge is -2.25. The highest BCUT2D eigenvalue weighted by Gasteiger charge is 2.49. The molecule has 0 bridgehead atoms. The van der Waals surface area contributed by atoms with Crippen LogP contribution >= 0.6 is 11.8 Å². The first-order valence-electron chi connectivity index (χ1n) is 5.93. The normalized spacial score (nSPS) is 17.3. The maximum absolute atomic E-state index is 12.4. The average Bonchev–Trinajstić information content (AvgIpc) is 2.76. The number of hydrogen-bond acceptors (Lipinski definition) is 3. The van der Waals surface area contributed by atoms with Crippen molar-refractivity contribution in [3.05, 3.63) is 71.8 Å². The van der Waals surface area contributed by atoms with Crippen LogP contribution in [0.15, 0.2) is 60.7 Å². The Hall–Kier alpha value is -2.07. The molecule has 1 amide bonds. The van der Waals surface area contributed by atoms with E-state index in [0.29, 0.717) is 0 Å². The Labute approximate surface area is 115 Å².